The maximum atomic E-state index is 13.7. The van der Waals surface area contributed by atoms with Crippen LogP contribution in [0.3, 0.4) is 0 Å². The van der Waals surface area contributed by atoms with Gasteiger partial charge in [0, 0.05) is 10.6 Å². The van der Waals surface area contributed by atoms with Crippen molar-refractivity contribution in [2.45, 2.75) is 25.4 Å². The Bertz CT molecular complexity index is 428. The molecule has 3 nitrogen and oxygen atoms in total. The molecule has 3 N–H and O–H groups in total. The van der Waals surface area contributed by atoms with Gasteiger partial charge in [0.05, 0.1) is 12.1 Å². The summed E-state index contributed by atoms with van der Waals surface area (Å²) < 4.78 is 13.7. The van der Waals surface area contributed by atoms with Gasteiger partial charge in [-0.3, -0.25) is 4.79 Å². The summed E-state index contributed by atoms with van der Waals surface area (Å²) in [5.74, 6) is 0.0857. The number of hydrogen-bond donors (Lipinski definition) is 2. The van der Waals surface area contributed by atoms with E-state index >= 15 is 0 Å². The Labute approximate surface area is 134 Å². The Morgan fingerprint density at radius 3 is 2.75 bits per heavy atom. The molecule has 1 rings (SSSR count). The van der Waals surface area contributed by atoms with Gasteiger partial charge < -0.3 is 11.1 Å². The van der Waals surface area contributed by atoms with Crippen LogP contribution in [0.1, 0.15) is 24.9 Å². The van der Waals surface area contributed by atoms with Crippen LogP contribution in [0.2, 0.25) is 5.02 Å². The van der Waals surface area contributed by atoms with Crippen molar-refractivity contribution in [2.75, 3.05) is 12.0 Å². The monoisotopic (exact) mass is 340 g/mol. The minimum atomic E-state index is -0.583. The van der Waals surface area contributed by atoms with E-state index < -0.39 is 17.9 Å². The molecule has 1 unspecified atom stereocenters. The van der Waals surface area contributed by atoms with Crippen LogP contribution < -0.4 is 11.1 Å². The van der Waals surface area contributed by atoms with E-state index in [2.05, 4.69) is 5.32 Å². The van der Waals surface area contributed by atoms with Gasteiger partial charge in [-0.1, -0.05) is 17.7 Å². The highest BCUT2D eigenvalue weighted by molar-refractivity contribution is 7.98. The van der Waals surface area contributed by atoms with Crippen molar-refractivity contribution < 1.29 is 9.18 Å². The molecule has 0 aliphatic heterocycles. The molecule has 0 spiro atoms. The fraction of sp³-hybridized carbons (Fsp3) is 0.462. The zero-order chi connectivity index (χ0) is 14.4. The molecule has 0 heterocycles. The van der Waals surface area contributed by atoms with Crippen molar-refractivity contribution in [2.24, 2.45) is 5.73 Å². The average Bonchev–Trinajstić information content (AvgIpc) is 2.35. The number of nitrogens with two attached hydrogens (primary N) is 1. The third-order valence-electron chi connectivity index (χ3n) is 2.76. The second kappa shape index (κ2) is 9.45. The van der Waals surface area contributed by atoms with Crippen molar-refractivity contribution in [3.05, 3.63) is 34.6 Å². The topological polar surface area (TPSA) is 55.1 Å². The van der Waals surface area contributed by atoms with Crippen LogP contribution in [0.15, 0.2) is 18.2 Å². The standard InChI is InChI=1S/C13H18ClFN2OS.ClH/c1-8(12-9(14)4-3-5-10(12)15)17-13(18)11(16)6-7-19-2;/h3-5,8,11H,6-7,16H2,1-2H3,(H,17,18);1H/t8?,11-;/m0./s1. The third kappa shape index (κ3) is 5.48. The summed E-state index contributed by atoms with van der Waals surface area (Å²) in [4.78, 5) is 11.8. The van der Waals surface area contributed by atoms with Gasteiger partial charge >= 0.3 is 0 Å². The fourth-order valence-corrected chi connectivity index (χ4v) is 2.51. The lowest BCUT2D eigenvalue weighted by molar-refractivity contribution is -0.123. The summed E-state index contributed by atoms with van der Waals surface area (Å²) in [5.41, 5.74) is 6.04. The van der Waals surface area contributed by atoms with Crippen molar-refractivity contribution in [3.8, 4) is 0 Å². The molecule has 20 heavy (non-hydrogen) atoms. The Balaban J connectivity index is 0.00000361. The number of amides is 1. The molecule has 0 aliphatic rings. The molecule has 0 radical (unpaired) electrons. The maximum absolute atomic E-state index is 13.7. The van der Waals surface area contributed by atoms with E-state index in [9.17, 15) is 9.18 Å². The Kier molecular flexibility index (Phi) is 9.22. The van der Waals surface area contributed by atoms with Crippen LogP contribution in [0.25, 0.3) is 0 Å². The zero-order valence-electron chi connectivity index (χ0n) is 11.4. The van der Waals surface area contributed by atoms with Gasteiger partial charge in [-0.2, -0.15) is 11.8 Å². The number of hydrogen-bond acceptors (Lipinski definition) is 3. The molecule has 0 aliphatic carbocycles. The van der Waals surface area contributed by atoms with Crippen molar-refractivity contribution in [1.29, 1.82) is 0 Å². The van der Waals surface area contributed by atoms with E-state index in [-0.39, 0.29) is 23.9 Å². The second-order valence-corrected chi connectivity index (χ2v) is 5.65. The van der Waals surface area contributed by atoms with Gasteiger partial charge in [-0.05, 0) is 37.5 Å². The molecule has 1 aromatic carbocycles. The number of carbonyl (C=O) groups excluding carboxylic acids is 1. The zero-order valence-corrected chi connectivity index (χ0v) is 13.7. The Morgan fingerprint density at radius 1 is 1.55 bits per heavy atom. The second-order valence-electron chi connectivity index (χ2n) is 4.25. The van der Waals surface area contributed by atoms with Gasteiger partial charge in [0.2, 0.25) is 5.91 Å². The minimum Gasteiger partial charge on any atom is -0.348 e. The lowest BCUT2D eigenvalue weighted by atomic mass is 10.1. The van der Waals surface area contributed by atoms with Crippen molar-refractivity contribution >= 4 is 41.7 Å². The molecule has 0 saturated heterocycles. The average molecular weight is 341 g/mol. The van der Waals surface area contributed by atoms with E-state index in [0.717, 1.165) is 5.75 Å². The lowest BCUT2D eigenvalue weighted by Gasteiger charge is -2.19. The summed E-state index contributed by atoms with van der Waals surface area (Å²) in [6, 6.07) is 3.34. The summed E-state index contributed by atoms with van der Waals surface area (Å²) in [6.07, 6.45) is 2.54. The number of rotatable bonds is 6. The number of thioether (sulfide) groups is 1. The summed E-state index contributed by atoms with van der Waals surface area (Å²) in [7, 11) is 0. The molecule has 0 saturated carbocycles. The summed E-state index contributed by atoms with van der Waals surface area (Å²) in [6.45, 7) is 1.68. The van der Waals surface area contributed by atoms with Gasteiger partial charge in [-0.25, -0.2) is 4.39 Å². The van der Waals surface area contributed by atoms with E-state index in [0.29, 0.717) is 11.4 Å². The van der Waals surface area contributed by atoms with Crippen LogP contribution in [0.4, 0.5) is 4.39 Å². The first-order valence-electron chi connectivity index (χ1n) is 5.96. The smallest absolute Gasteiger partial charge is 0.237 e. The normalized spacial score (nSPS) is 13.2. The van der Waals surface area contributed by atoms with E-state index in [4.69, 9.17) is 17.3 Å². The van der Waals surface area contributed by atoms with Gasteiger partial charge in [-0.15, -0.1) is 12.4 Å². The van der Waals surface area contributed by atoms with E-state index in [1.54, 1.807) is 24.8 Å². The first-order chi connectivity index (χ1) is 8.97. The maximum Gasteiger partial charge on any atom is 0.237 e. The van der Waals surface area contributed by atoms with Crippen molar-refractivity contribution in [1.82, 2.24) is 5.32 Å². The predicted octanol–water partition coefficient (Wildman–Crippen LogP) is 3.16. The van der Waals surface area contributed by atoms with Crippen LogP contribution in [0.5, 0.6) is 0 Å². The Hall–Kier alpha value is -0.490. The number of nitrogens with one attached hydrogen (secondary N) is 1. The first-order valence-corrected chi connectivity index (χ1v) is 7.73. The highest BCUT2D eigenvalue weighted by Gasteiger charge is 2.20. The minimum absolute atomic E-state index is 0. The molecule has 114 valence electrons. The van der Waals surface area contributed by atoms with Crippen molar-refractivity contribution in [3.63, 3.8) is 0 Å². The van der Waals surface area contributed by atoms with Gasteiger partial charge in [0.25, 0.3) is 0 Å². The summed E-state index contributed by atoms with van der Waals surface area (Å²) >= 11 is 7.57. The van der Waals surface area contributed by atoms with Crippen LogP contribution in [-0.2, 0) is 4.79 Å². The Morgan fingerprint density at radius 2 is 2.20 bits per heavy atom. The summed E-state index contributed by atoms with van der Waals surface area (Å²) in [5, 5.41) is 2.99. The first kappa shape index (κ1) is 19.5. The van der Waals surface area contributed by atoms with Crippen LogP contribution in [0, 0.1) is 5.82 Å². The van der Waals surface area contributed by atoms with E-state index in [1.165, 1.54) is 12.1 Å². The molecule has 0 fully saturated rings. The van der Waals surface area contributed by atoms with Gasteiger partial charge in [0.1, 0.15) is 5.82 Å². The molecule has 0 bridgehead atoms. The van der Waals surface area contributed by atoms with Crippen LogP contribution >= 0.6 is 35.8 Å². The molecule has 7 heteroatoms. The van der Waals surface area contributed by atoms with E-state index in [1.807, 2.05) is 6.26 Å². The predicted molar refractivity (Wildman–Crippen MR) is 86.2 cm³/mol. The number of halogens is 3. The molecule has 1 amide bonds. The lowest BCUT2D eigenvalue weighted by Crippen LogP contribution is -2.42. The largest absolute Gasteiger partial charge is 0.348 e. The quantitative estimate of drug-likeness (QED) is 0.836. The fourth-order valence-electron chi connectivity index (χ4n) is 1.69. The highest BCUT2D eigenvalue weighted by atomic mass is 35.5. The molecule has 2 atom stereocenters. The third-order valence-corrected chi connectivity index (χ3v) is 3.73. The molecule has 1 aromatic rings. The number of benzene rings is 1. The molecule has 0 aromatic heterocycles. The molecular formula is C13H19Cl2FN2OS. The SMILES string of the molecule is CSCC[C@H](N)C(=O)NC(C)c1c(F)cccc1Cl.Cl. The van der Waals surface area contributed by atoms with Gasteiger partial charge in [0.15, 0.2) is 0 Å². The van der Waals surface area contributed by atoms with Crippen LogP contribution in [-0.4, -0.2) is 24.0 Å². The highest BCUT2D eigenvalue weighted by Crippen LogP contribution is 2.25. The molecular weight excluding hydrogens is 322 g/mol. The number of carbonyl (C=O) groups is 1.